The standard InChI is InChI=1S/2C23H14N.C6H5NO2.Ir/c2*1-2-9-17(10-3-1)23-20-15-14-16-8-4-5-11-18(16)22(20)19-12-6-7-13-21(19)24-23;8-6(9)5-3-1-2-4-7-5;/h2*1-9,11-15H;1-4H,(H,8,9);/q2*-1;;+3/p-1. The molecule has 58 heavy (non-hydrogen) atoms. The first kappa shape index (κ1) is 37.8. The molecule has 0 aliphatic heterocycles. The largest absolute Gasteiger partial charge is 3.00 e. The van der Waals surface area contributed by atoms with Crippen LogP contribution in [0, 0.1) is 12.1 Å². The molecule has 0 aliphatic carbocycles. The van der Waals surface area contributed by atoms with E-state index in [4.69, 9.17) is 9.97 Å². The molecule has 0 fully saturated rings. The number of carboxylic acids is 1. The van der Waals surface area contributed by atoms with E-state index in [9.17, 15) is 9.90 Å². The third-order valence-corrected chi connectivity index (χ3v) is 9.98. The molecule has 8 aromatic carbocycles. The smallest absolute Gasteiger partial charge is 0.543 e. The minimum atomic E-state index is -1.24. The molecule has 0 spiro atoms. The second-order valence-electron chi connectivity index (χ2n) is 13.4. The van der Waals surface area contributed by atoms with E-state index in [0.29, 0.717) is 0 Å². The Hall–Kier alpha value is -7.11. The maximum atomic E-state index is 10.0. The van der Waals surface area contributed by atoms with Crippen LogP contribution in [0.5, 0.6) is 0 Å². The van der Waals surface area contributed by atoms with Crippen molar-refractivity contribution >= 4 is 70.9 Å². The van der Waals surface area contributed by atoms with Crippen LogP contribution in [0.15, 0.2) is 194 Å². The predicted molar refractivity (Wildman–Crippen MR) is 231 cm³/mol. The van der Waals surface area contributed by atoms with E-state index in [2.05, 4.69) is 138 Å². The molecule has 6 heteroatoms. The zero-order valence-electron chi connectivity index (χ0n) is 31.0. The van der Waals surface area contributed by atoms with Crippen LogP contribution in [0.25, 0.3) is 87.4 Å². The molecule has 11 rings (SSSR count). The predicted octanol–water partition coefficient (Wildman–Crippen LogP) is 11.5. The van der Waals surface area contributed by atoms with Crippen molar-refractivity contribution in [2.75, 3.05) is 0 Å². The fourth-order valence-electron chi connectivity index (χ4n) is 7.42. The summed E-state index contributed by atoms with van der Waals surface area (Å²) in [6.45, 7) is 0. The monoisotopic (exact) mass is 923 g/mol. The second kappa shape index (κ2) is 16.9. The number of carbonyl (C=O) groups excluding carboxylic acids is 1. The van der Waals surface area contributed by atoms with Crippen LogP contribution in [0.1, 0.15) is 10.5 Å². The molecule has 276 valence electrons. The van der Waals surface area contributed by atoms with Gasteiger partial charge in [-0.3, -0.25) is 15.0 Å². The first-order valence-electron chi connectivity index (χ1n) is 18.6. The summed E-state index contributed by atoms with van der Waals surface area (Å²) < 4.78 is 0. The van der Waals surface area contributed by atoms with E-state index in [-0.39, 0.29) is 25.8 Å². The molecule has 0 radical (unpaired) electrons. The van der Waals surface area contributed by atoms with Gasteiger partial charge in [0.25, 0.3) is 0 Å². The molecule has 3 aromatic heterocycles. The first-order valence-corrected chi connectivity index (χ1v) is 18.6. The van der Waals surface area contributed by atoms with Gasteiger partial charge in [-0.15, -0.1) is 71.8 Å². The van der Waals surface area contributed by atoms with E-state index >= 15 is 0 Å². The van der Waals surface area contributed by atoms with Gasteiger partial charge in [0.1, 0.15) is 0 Å². The van der Waals surface area contributed by atoms with Crippen LogP contribution in [0.2, 0.25) is 0 Å². The average Bonchev–Trinajstić information content (AvgIpc) is 3.29. The molecule has 3 heterocycles. The molecule has 0 atom stereocenters. The first-order chi connectivity index (χ1) is 28.1. The molecule has 0 unspecified atom stereocenters. The quantitative estimate of drug-likeness (QED) is 0.130. The summed E-state index contributed by atoms with van der Waals surface area (Å²) in [5, 5.41) is 22.4. The molecule has 0 saturated carbocycles. The van der Waals surface area contributed by atoms with Gasteiger partial charge >= 0.3 is 20.1 Å². The second-order valence-corrected chi connectivity index (χ2v) is 13.4. The number of aromatic nitrogens is 3. The minimum Gasteiger partial charge on any atom is -0.543 e. The SMILES string of the molecule is O=C([O-])c1ccccn1.[Ir+3].[c-]1ccccc1-c1nc2ccccc2c2c1ccc1ccccc12.[c-]1ccccc1-c1nc2ccccc2c2c1ccc1ccccc12. The Morgan fingerprint density at radius 2 is 0.862 bits per heavy atom. The molecule has 5 nitrogen and oxygen atoms in total. The van der Waals surface area contributed by atoms with Crippen molar-refractivity contribution in [3.63, 3.8) is 0 Å². The number of para-hydroxylation sites is 2. The Balaban J connectivity index is 0.000000132. The van der Waals surface area contributed by atoms with E-state index < -0.39 is 5.97 Å². The van der Waals surface area contributed by atoms with Crippen LogP contribution in [-0.4, -0.2) is 20.9 Å². The fraction of sp³-hybridized carbons (Fsp3) is 0. The molecular weight excluding hydrogens is 891 g/mol. The van der Waals surface area contributed by atoms with E-state index in [1.807, 2.05) is 48.5 Å². The average molecular weight is 923 g/mol. The Kier molecular flexibility index (Phi) is 11.0. The van der Waals surface area contributed by atoms with Gasteiger partial charge in [0.15, 0.2) is 0 Å². The molecule has 0 saturated heterocycles. The summed E-state index contributed by atoms with van der Waals surface area (Å²) in [5.41, 5.74) is 6.07. The molecule has 0 bridgehead atoms. The maximum Gasteiger partial charge on any atom is 3.00 e. The van der Waals surface area contributed by atoms with Crippen molar-refractivity contribution in [2.24, 2.45) is 0 Å². The Labute approximate surface area is 348 Å². The van der Waals surface area contributed by atoms with Gasteiger partial charge in [-0.2, -0.15) is 0 Å². The van der Waals surface area contributed by atoms with Crippen molar-refractivity contribution in [1.29, 1.82) is 0 Å². The van der Waals surface area contributed by atoms with Crippen molar-refractivity contribution in [3.05, 3.63) is 212 Å². The van der Waals surface area contributed by atoms with Gasteiger partial charge in [-0.25, -0.2) is 0 Å². The van der Waals surface area contributed by atoms with Gasteiger partial charge in [-0.1, -0.05) is 115 Å². The van der Waals surface area contributed by atoms with Gasteiger partial charge in [-0.05, 0) is 78.7 Å². The van der Waals surface area contributed by atoms with Gasteiger partial charge in [0.2, 0.25) is 0 Å². The van der Waals surface area contributed by atoms with Gasteiger partial charge < -0.3 is 9.90 Å². The van der Waals surface area contributed by atoms with Crippen molar-refractivity contribution in [3.8, 4) is 22.5 Å². The number of pyridine rings is 3. The van der Waals surface area contributed by atoms with Crippen molar-refractivity contribution < 1.29 is 30.0 Å². The maximum absolute atomic E-state index is 10.0. The van der Waals surface area contributed by atoms with Crippen LogP contribution >= 0.6 is 0 Å². The number of hydrogen-bond acceptors (Lipinski definition) is 5. The number of aromatic carboxylic acids is 1. The summed E-state index contributed by atoms with van der Waals surface area (Å²) >= 11 is 0. The topological polar surface area (TPSA) is 78.8 Å². The third-order valence-electron chi connectivity index (χ3n) is 9.98. The zero-order chi connectivity index (χ0) is 38.6. The molecule has 0 N–H and O–H groups in total. The van der Waals surface area contributed by atoms with Crippen molar-refractivity contribution in [2.45, 2.75) is 0 Å². The summed E-state index contributed by atoms with van der Waals surface area (Å²) in [6.07, 6.45) is 1.41. The van der Waals surface area contributed by atoms with E-state index in [1.54, 1.807) is 12.1 Å². The molecular formula is C52H32IrN3O2. The Bertz CT molecular complexity index is 2990. The zero-order valence-corrected chi connectivity index (χ0v) is 33.4. The van der Waals surface area contributed by atoms with E-state index in [0.717, 1.165) is 33.5 Å². The fourth-order valence-corrected chi connectivity index (χ4v) is 7.42. The summed E-state index contributed by atoms with van der Waals surface area (Å²) in [4.78, 5) is 23.4. The Morgan fingerprint density at radius 3 is 1.28 bits per heavy atom. The third kappa shape index (κ3) is 7.42. The minimum absolute atomic E-state index is 0. The number of carboxylic acid groups (broad SMARTS) is 1. The van der Waals surface area contributed by atoms with Crippen LogP contribution in [-0.2, 0) is 20.1 Å². The number of nitrogens with zero attached hydrogens (tertiary/aromatic N) is 3. The van der Waals surface area contributed by atoms with E-state index in [1.165, 1.54) is 66.1 Å². The number of fused-ring (bicyclic) bond motifs is 10. The summed E-state index contributed by atoms with van der Waals surface area (Å²) in [5.74, 6) is -1.24. The molecule has 0 aliphatic rings. The van der Waals surface area contributed by atoms with Crippen LogP contribution < -0.4 is 5.11 Å². The van der Waals surface area contributed by atoms with Crippen LogP contribution in [0.3, 0.4) is 0 Å². The molecule has 0 amide bonds. The summed E-state index contributed by atoms with van der Waals surface area (Å²) in [7, 11) is 0. The normalized spacial score (nSPS) is 10.8. The van der Waals surface area contributed by atoms with Gasteiger partial charge in [0, 0.05) is 17.0 Å². The number of benzene rings is 8. The van der Waals surface area contributed by atoms with Crippen molar-refractivity contribution in [1.82, 2.24) is 15.0 Å². The number of rotatable bonds is 3. The number of carbonyl (C=O) groups is 1. The van der Waals surface area contributed by atoms with Crippen LogP contribution in [0.4, 0.5) is 0 Å². The summed E-state index contributed by atoms with van der Waals surface area (Å²) in [6, 6.07) is 70.0. The molecule has 11 aromatic rings. The number of hydrogen-bond donors (Lipinski definition) is 0. The van der Waals surface area contributed by atoms with Gasteiger partial charge in [0.05, 0.1) is 22.7 Å². The Morgan fingerprint density at radius 1 is 0.431 bits per heavy atom.